The van der Waals surface area contributed by atoms with E-state index in [-0.39, 0.29) is 91.5 Å². The van der Waals surface area contributed by atoms with Crippen LogP contribution in [0.4, 0.5) is 39.5 Å². The van der Waals surface area contributed by atoms with Gasteiger partial charge in [-0.25, -0.2) is 9.46 Å². The van der Waals surface area contributed by atoms with Gasteiger partial charge in [0.25, 0.3) is 14.1 Å². The minimum absolute atomic E-state index is 0.0554. The smallest absolute Gasteiger partial charge is 0.435 e. The highest BCUT2D eigenvalue weighted by atomic mass is 33.1. The number of nitriles is 1. The number of amides is 1. The highest BCUT2D eigenvalue weighted by Crippen LogP contribution is 2.62. The topological polar surface area (TPSA) is 170 Å². The van der Waals surface area contributed by atoms with Crippen molar-refractivity contribution in [3.63, 3.8) is 0 Å². The first-order valence-corrected chi connectivity index (χ1v) is 33.8. The molecular weight excluding hydrogens is 1210 g/mol. The van der Waals surface area contributed by atoms with E-state index in [0.717, 1.165) is 88.8 Å². The summed E-state index contributed by atoms with van der Waals surface area (Å²) in [5.74, 6) is 2.58. The fraction of sp³-hybridized carbons (Fsp3) is 0.800. The van der Waals surface area contributed by atoms with Crippen LogP contribution in [0.5, 0.6) is 5.75 Å². The lowest BCUT2D eigenvalue weighted by atomic mass is 9.55. The van der Waals surface area contributed by atoms with Gasteiger partial charge in [0.2, 0.25) is 5.91 Å². The summed E-state index contributed by atoms with van der Waals surface area (Å²) in [6.07, 6.45) is -11.4. The van der Waals surface area contributed by atoms with Crippen molar-refractivity contribution in [1.29, 1.82) is 5.26 Å². The van der Waals surface area contributed by atoms with E-state index in [0.29, 0.717) is 31.4 Å². The van der Waals surface area contributed by atoms with Crippen molar-refractivity contribution in [2.75, 3.05) is 58.9 Å². The minimum Gasteiger partial charge on any atom is -0.492 e. The Balaban J connectivity index is 0.821. The molecule has 1 aromatic carbocycles. The van der Waals surface area contributed by atoms with Crippen LogP contribution in [0.2, 0.25) is 0 Å². The van der Waals surface area contributed by atoms with E-state index in [1.807, 2.05) is 55.3 Å². The van der Waals surface area contributed by atoms with Crippen LogP contribution in [-0.4, -0.2) is 143 Å². The Morgan fingerprint density at radius 2 is 1.67 bits per heavy atom. The van der Waals surface area contributed by atoms with Crippen molar-refractivity contribution < 1.29 is 73.7 Å². The standard InChI is InChI=1S/C60H90F9N6O9PS2/c1-39(2)75(40(3)4)85(82-33-14-27-70)84-49-37-52(83-41(49)5)74-38-43(53(77)72-54(74)78)17-23-51(76)71-28-12-10-11-13-35-86-87-55(6,7)26-29-73(9)30-34-79-44-18-20-45-42(36-44)16-19-47-46(45)24-25-56(8)48(47)21-22-50(56)80-31-15-32-81-57(58(61,62)63,59(64,65)66)60(67,68)69/h18,20,36,38-41,46-50,52H,10-17,19,21-26,28-35,37H2,1-9H3,(H,71,76)(H,72,77,78)/t41-,46?,47?,48+,49+,50+,52-,56+,85?/m1/s1/i5D. The third-order valence-corrected chi connectivity index (χ3v) is 23.0. The summed E-state index contributed by atoms with van der Waals surface area (Å²) in [6, 6.07) is 8.55. The highest BCUT2D eigenvalue weighted by molar-refractivity contribution is 8.77. The molecule has 2 saturated carbocycles. The average molecular weight is 1310 g/mol. The van der Waals surface area contributed by atoms with Gasteiger partial charge in [0, 0.05) is 68.3 Å². The molecule has 1 aromatic heterocycles. The Morgan fingerprint density at radius 1 is 0.954 bits per heavy atom. The lowest BCUT2D eigenvalue weighted by Gasteiger charge is -2.50. The van der Waals surface area contributed by atoms with Gasteiger partial charge >= 0.3 is 29.8 Å². The molecule has 2 heterocycles. The average Bonchev–Trinajstić information content (AvgIpc) is 1.28. The Bertz CT molecular complexity index is 2660. The predicted molar refractivity (Wildman–Crippen MR) is 319 cm³/mol. The van der Waals surface area contributed by atoms with E-state index in [9.17, 15) is 53.9 Å². The number of halogens is 9. The molecule has 15 nitrogen and oxygen atoms in total. The Kier molecular flexibility index (Phi) is 26.2. The highest BCUT2D eigenvalue weighted by Gasteiger charge is 2.85. The van der Waals surface area contributed by atoms with E-state index in [1.165, 1.54) is 21.9 Å². The van der Waals surface area contributed by atoms with Gasteiger partial charge in [-0.2, -0.15) is 44.8 Å². The van der Waals surface area contributed by atoms with Gasteiger partial charge in [0.05, 0.1) is 44.0 Å². The van der Waals surface area contributed by atoms with Crippen LogP contribution in [0.1, 0.15) is 175 Å². The summed E-state index contributed by atoms with van der Waals surface area (Å²) in [4.78, 5) is 43.3. The molecule has 0 spiro atoms. The molecule has 2 aromatic rings. The monoisotopic (exact) mass is 1310 g/mol. The molecule has 1 saturated heterocycles. The molecule has 2 N–H and O–H groups in total. The normalized spacial score (nSPS) is 24.1. The van der Waals surface area contributed by atoms with Crippen LogP contribution in [-0.2, 0) is 40.9 Å². The molecule has 87 heavy (non-hydrogen) atoms. The summed E-state index contributed by atoms with van der Waals surface area (Å²) in [7, 11) is 4.24. The van der Waals surface area contributed by atoms with Crippen LogP contribution >= 0.6 is 30.1 Å². The molecule has 0 radical (unpaired) electrons. The van der Waals surface area contributed by atoms with Gasteiger partial charge in [0.15, 0.2) is 0 Å². The number of nitrogens with one attached hydrogen (secondary N) is 2. The number of carbonyl (C=O) groups excluding carboxylic acids is 1. The summed E-state index contributed by atoms with van der Waals surface area (Å²) in [6.45, 7) is 15.7. The molecule has 1 amide bonds. The SMILES string of the molecule is [2H]C[C@H]1O[C@@H](n2cc(CCC(=O)NCCCCCCSSC(C)(C)CCN(C)CCOc3ccc4c(c3)CCC3C4CC[C@]4(C)[C@@H](OCCCOC(C(F)(F)F)(C(F)(F)F)C(F)(F)F)CC[C@@H]34)c(=O)[nH]c2=O)C[C@@H]1OP(OCCC#N)N(C(C)C)C(C)C. The van der Waals surface area contributed by atoms with Crippen LogP contribution in [0, 0.1) is 28.6 Å². The lowest BCUT2D eigenvalue weighted by Crippen LogP contribution is -2.67. The van der Waals surface area contributed by atoms with Gasteiger partial charge < -0.3 is 38.2 Å². The maximum Gasteiger partial charge on any atom is 0.435 e. The second-order valence-corrected chi connectivity index (χ2v) is 29.4. The molecule has 0 bridgehead atoms. The van der Waals surface area contributed by atoms with Crippen LogP contribution in [0.15, 0.2) is 34.0 Å². The number of ether oxygens (including phenoxy) is 4. The molecule has 3 unspecified atom stereocenters. The van der Waals surface area contributed by atoms with E-state index in [4.69, 9.17) is 29.9 Å². The number of aryl methyl sites for hydroxylation is 2. The molecule has 4 aliphatic rings. The fourth-order valence-electron chi connectivity index (χ4n) is 12.8. The molecule has 3 aliphatic carbocycles. The molecule has 1 aliphatic heterocycles. The summed E-state index contributed by atoms with van der Waals surface area (Å²) in [5, 5.41) is 12.0. The number of aromatic nitrogens is 2. The summed E-state index contributed by atoms with van der Waals surface area (Å²) >= 11 is 0. The minimum atomic E-state index is -6.76. The zero-order valence-corrected chi connectivity index (χ0v) is 53.8. The number of H-pyrrole nitrogens is 1. The van der Waals surface area contributed by atoms with Gasteiger partial charge in [-0.05, 0) is 179 Å². The number of nitrogens with zero attached hydrogens (tertiary/aromatic N) is 4. The number of unbranched alkanes of at least 4 members (excludes halogenated alkanes) is 3. The van der Waals surface area contributed by atoms with Crippen LogP contribution in [0.25, 0.3) is 0 Å². The van der Waals surface area contributed by atoms with E-state index in [2.05, 4.69) is 70.6 Å². The first kappa shape index (κ1) is 71.3. The zero-order chi connectivity index (χ0) is 64.8. The number of hydrogen-bond acceptors (Lipinski definition) is 14. The lowest BCUT2D eigenvalue weighted by molar-refractivity contribution is -0.457. The van der Waals surface area contributed by atoms with Gasteiger partial charge in [0.1, 0.15) is 18.6 Å². The Hall–Kier alpha value is -3.12. The number of rotatable bonds is 34. The molecule has 494 valence electrons. The Labute approximate surface area is 516 Å². The molecular formula is C60H90F9N6O9PS2. The van der Waals surface area contributed by atoms with Crippen molar-refractivity contribution in [2.45, 2.75) is 230 Å². The maximum absolute atomic E-state index is 13.3. The Morgan fingerprint density at radius 3 is 2.34 bits per heavy atom. The number of carbonyl (C=O) groups is 1. The molecule has 9 atom stereocenters. The number of hydrogen-bond donors (Lipinski definition) is 2. The maximum atomic E-state index is 13.3. The van der Waals surface area contributed by atoms with Crippen LogP contribution in [0.3, 0.4) is 0 Å². The van der Waals surface area contributed by atoms with Crippen molar-refractivity contribution in [3.05, 3.63) is 61.9 Å². The number of fused-ring (bicyclic) bond motifs is 5. The van der Waals surface area contributed by atoms with Crippen molar-refractivity contribution in [3.8, 4) is 11.8 Å². The number of aromatic amines is 1. The van der Waals surface area contributed by atoms with E-state index < -0.39 is 75.4 Å². The van der Waals surface area contributed by atoms with Gasteiger partial charge in [-0.15, -0.1) is 0 Å². The van der Waals surface area contributed by atoms with E-state index >= 15 is 0 Å². The van der Waals surface area contributed by atoms with Crippen molar-refractivity contribution in [1.82, 2.24) is 24.4 Å². The van der Waals surface area contributed by atoms with Crippen molar-refractivity contribution in [2.24, 2.45) is 17.3 Å². The number of benzene rings is 1. The third-order valence-electron chi connectivity index (χ3n) is 17.4. The zero-order valence-electron chi connectivity index (χ0n) is 52.3. The number of alkyl halides is 9. The quantitative estimate of drug-likeness (QED) is 0.0294. The fourth-order valence-corrected chi connectivity index (χ4v) is 17.2. The first-order valence-electron chi connectivity index (χ1n) is 31.1. The molecule has 3 fully saturated rings. The van der Waals surface area contributed by atoms with Crippen LogP contribution < -0.4 is 21.3 Å². The molecule has 6 rings (SSSR count). The first-order chi connectivity index (χ1) is 41.4. The second-order valence-electron chi connectivity index (χ2n) is 24.8. The third kappa shape index (κ3) is 19.0. The largest absolute Gasteiger partial charge is 0.492 e. The second kappa shape index (κ2) is 31.9. The van der Waals surface area contributed by atoms with Gasteiger partial charge in [-0.1, -0.05) is 47.4 Å². The number of likely N-dealkylation sites (N-methyl/N-ethyl adjacent to an activating group) is 1. The van der Waals surface area contributed by atoms with Crippen molar-refractivity contribution >= 4 is 36.0 Å². The molecule has 27 heteroatoms. The predicted octanol–water partition coefficient (Wildman–Crippen LogP) is 13.7. The summed E-state index contributed by atoms with van der Waals surface area (Å²) in [5.41, 5.74) is -4.99. The van der Waals surface area contributed by atoms with E-state index in [1.54, 1.807) is 0 Å². The van der Waals surface area contributed by atoms with Gasteiger partial charge in [-0.3, -0.25) is 19.1 Å². The summed E-state index contributed by atoms with van der Waals surface area (Å²) < 4.78 is 166.